The topological polar surface area (TPSA) is 6.48 Å². The molecule has 0 aliphatic carbocycles. The molecule has 2 heteroatoms. The summed E-state index contributed by atoms with van der Waals surface area (Å²) in [5.41, 5.74) is 2.02. The molecule has 0 saturated heterocycles. The zero-order valence-corrected chi connectivity index (χ0v) is 8.07. The van der Waals surface area contributed by atoms with Crippen molar-refractivity contribution in [1.82, 2.24) is 4.90 Å². The Morgan fingerprint density at radius 1 is 1.29 bits per heavy atom. The van der Waals surface area contributed by atoms with Crippen molar-refractivity contribution in [3.63, 3.8) is 0 Å². The van der Waals surface area contributed by atoms with E-state index in [1.54, 1.807) is 11.1 Å². The Balaban J connectivity index is 2.28. The lowest BCUT2D eigenvalue weighted by molar-refractivity contribution is 0.518. The first-order valence-electron chi connectivity index (χ1n) is 5.93. The summed E-state index contributed by atoms with van der Waals surface area (Å²) in [5, 5.41) is 0. The lowest BCUT2D eigenvalue weighted by atomic mass is 10.2. The number of para-hydroxylation sites is 1. The molecule has 1 aromatic rings. The SMILES string of the molecule is [2H]C([2H])([2H])N1C=CN(c2ccccc2C)[C]1[CH2]. The minimum absolute atomic E-state index is 0.444. The van der Waals surface area contributed by atoms with Gasteiger partial charge in [0.05, 0.1) is 0 Å². The van der Waals surface area contributed by atoms with Crippen LogP contribution in [0.15, 0.2) is 36.7 Å². The summed E-state index contributed by atoms with van der Waals surface area (Å²) in [6.45, 7) is 3.62. The molecule has 0 spiro atoms. The van der Waals surface area contributed by atoms with Gasteiger partial charge in [-0.2, -0.15) is 0 Å². The van der Waals surface area contributed by atoms with E-state index >= 15 is 0 Å². The minimum Gasteiger partial charge on any atom is -0.353 e. The maximum Gasteiger partial charge on any atom is 0.160 e. The van der Waals surface area contributed by atoms with E-state index in [4.69, 9.17) is 4.11 Å². The minimum atomic E-state index is -2.19. The van der Waals surface area contributed by atoms with E-state index in [1.165, 1.54) is 11.1 Å². The monoisotopic (exact) mass is 189 g/mol. The number of hydrogen-bond donors (Lipinski definition) is 0. The summed E-state index contributed by atoms with van der Waals surface area (Å²) < 4.78 is 22.2. The molecule has 2 nitrogen and oxygen atoms in total. The molecule has 0 atom stereocenters. The van der Waals surface area contributed by atoms with Gasteiger partial charge in [-0.25, -0.2) is 0 Å². The van der Waals surface area contributed by atoms with Crippen LogP contribution in [0.2, 0.25) is 0 Å². The van der Waals surface area contributed by atoms with Crippen molar-refractivity contribution in [2.24, 2.45) is 0 Å². The van der Waals surface area contributed by atoms with Crippen molar-refractivity contribution in [2.45, 2.75) is 6.92 Å². The lowest BCUT2D eigenvalue weighted by Gasteiger charge is -2.26. The first-order valence-corrected chi connectivity index (χ1v) is 4.43. The van der Waals surface area contributed by atoms with E-state index in [9.17, 15) is 0 Å². The van der Waals surface area contributed by atoms with Gasteiger partial charge >= 0.3 is 0 Å². The summed E-state index contributed by atoms with van der Waals surface area (Å²) in [6, 6.07) is 7.78. The average Bonchev–Trinajstić information content (AvgIpc) is 2.60. The third-order valence-electron chi connectivity index (χ3n) is 2.30. The summed E-state index contributed by atoms with van der Waals surface area (Å²) >= 11 is 0. The molecule has 14 heavy (non-hydrogen) atoms. The molecular formula is C12H14N2. The number of hydrogen-bond acceptors (Lipinski definition) is 2. The fraction of sp³-hybridized carbons (Fsp3) is 0.167. The summed E-state index contributed by atoms with van der Waals surface area (Å²) in [6.07, 6.45) is 3.69. The Labute approximate surface area is 89.7 Å². The molecule has 1 aliphatic heterocycles. The van der Waals surface area contributed by atoms with E-state index in [0.29, 0.717) is 6.17 Å². The van der Waals surface area contributed by atoms with Gasteiger partial charge in [0, 0.05) is 29.2 Å². The number of anilines is 1. The largest absolute Gasteiger partial charge is 0.353 e. The molecule has 0 bridgehead atoms. The Morgan fingerprint density at radius 3 is 2.71 bits per heavy atom. The third-order valence-corrected chi connectivity index (χ3v) is 2.30. The van der Waals surface area contributed by atoms with Crippen LogP contribution in [0, 0.1) is 20.0 Å². The second kappa shape index (κ2) is 3.37. The van der Waals surface area contributed by atoms with Crippen molar-refractivity contribution >= 4 is 5.69 Å². The van der Waals surface area contributed by atoms with E-state index in [2.05, 4.69) is 6.92 Å². The van der Waals surface area contributed by atoms with Crippen LogP contribution in [-0.4, -0.2) is 11.9 Å². The van der Waals surface area contributed by atoms with Crippen LogP contribution in [0.5, 0.6) is 0 Å². The molecule has 0 N–H and O–H groups in total. The highest BCUT2D eigenvalue weighted by atomic mass is 15.4. The number of benzene rings is 1. The molecule has 0 fully saturated rings. The van der Waals surface area contributed by atoms with Crippen LogP contribution in [0.3, 0.4) is 0 Å². The molecule has 0 amide bonds. The summed E-state index contributed by atoms with van der Waals surface area (Å²) in [5.74, 6) is 0. The average molecular weight is 189 g/mol. The molecule has 0 aromatic heterocycles. The Kier molecular flexibility index (Phi) is 1.47. The predicted octanol–water partition coefficient (Wildman–Crippen LogP) is 2.54. The standard InChI is InChI=1S/C12H14N2/c1-10-6-4-5-7-12(10)14-9-8-13(3)11(14)2/h4-9H,2H2,1,3H3/i3D3. The van der Waals surface area contributed by atoms with Gasteiger partial charge in [0.1, 0.15) is 0 Å². The maximum absolute atomic E-state index is 7.39. The van der Waals surface area contributed by atoms with E-state index in [0.717, 1.165) is 11.3 Å². The van der Waals surface area contributed by atoms with Crippen LogP contribution in [0.4, 0.5) is 5.69 Å². The number of nitrogens with zero attached hydrogens (tertiary/aromatic N) is 2. The van der Waals surface area contributed by atoms with Crippen molar-refractivity contribution in [1.29, 1.82) is 0 Å². The van der Waals surface area contributed by atoms with Gasteiger partial charge in [-0.05, 0) is 25.5 Å². The molecule has 0 unspecified atom stereocenters. The maximum atomic E-state index is 7.39. The molecule has 0 saturated carbocycles. The molecule has 1 heterocycles. The highest BCUT2D eigenvalue weighted by molar-refractivity contribution is 5.60. The van der Waals surface area contributed by atoms with Crippen LogP contribution in [-0.2, 0) is 0 Å². The second-order valence-corrected chi connectivity index (χ2v) is 3.24. The molecule has 1 aromatic carbocycles. The van der Waals surface area contributed by atoms with Crippen LogP contribution in [0.1, 0.15) is 9.68 Å². The van der Waals surface area contributed by atoms with Gasteiger partial charge < -0.3 is 9.80 Å². The molecular weight excluding hydrogens is 172 g/mol. The second-order valence-electron chi connectivity index (χ2n) is 3.24. The molecule has 2 rings (SSSR count). The van der Waals surface area contributed by atoms with Gasteiger partial charge in [0.15, 0.2) is 6.17 Å². The smallest absolute Gasteiger partial charge is 0.160 e. The van der Waals surface area contributed by atoms with Gasteiger partial charge in [-0.1, -0.05) is 18.2 Å². The van der Waals surface area contributed by atoms with E-state index in [1.807, 2.05) is 31.2 Å². The molecule has 1 aliphatic rings. The van der Waals surface area contributed by atoms with Crippen molar-refractivity contribution in [2.75, 3.05) is 11.9 Å². The Morgan fingerprint density at radius 2 is 2.07 bits per heavy atom. The first-order chi connectivity index (χ1) is 7.91. The number of rotatable bonds is 1. The normalized spacial score (nSPS) is 20.9. The summed E-state index contributed by atoms with van der Waals surface area (Å²) in [7, 11) is 0. The molecule has 72 valence electrons. The Hall–Kier alpha value is -1.44. The highest BCUT2D eigenvalue weighted by Crippen LogP contribution is 2.29. The van der Waals surface area contributed by atoms with E-state index in [-0.39, 0.29) is 0 Å². The van der Waals surface area contributed by atoms with Gasteiger partial charge in [0.2, 0.25) is 0 Å². The zero-order valence-electron chi connectivity index (χ0n) is 11.1. The van der Waals surface area contributed by atoms with Crippen molar-refractivity contribution < 1.29 is 4.11 Å². The first kappa shape index (κ1) is 6.12. The van der Waals surface area contributed by atoms with Gasteiger partial charge in [-0.15, -0.1) is 0 Å². The fourth-order valence-electron chi connectivity index (χ4n) is 1.47. The quantitative estimate of drug-likeness (QED) is 0.670. The third kappa shape index (κ3) is 1.37. The van der Waals surface area contributed by atoms with Gasteiger partial charge in [-0.3, -0.25) is 0 Å². The van der Waals surface area contributed by atoms with E-state index < -0.39 is 6.98 Å². The summed E-state index contributed by atoms with van der Waals surface area (Å²) in [4.78, 5) is 2.97. The van der Waals surface area contributed by atoms with Crippen LogP contribution < -0.4 is 4.90 Å². The molecule has 2 radical (unpaired) electrons. The zero-order chi connectivity index (χ0) is 12.6. The highest BCUT2D eigenvalue weighted by Gasteiger charge is 2.22. The van der Waals surface area contributed by atoms with Crippen molar-refractivity contribution in [3.05, 3.63) is 55.3 Å². The van der Waals surface area contributed by atoms with Crippen molar-refractivity contribution in [3.8, 4) is 0 Å². The van der Waals surface area contributed by atoms with Crippen LogP contribution >= 0.6 is 0 Å². The number of aryl methyl sites for hydroxylation is 1. The fourth-order valence-corrected chi connectivity index (χ4v) is 1.47. The lowest BCUT2D eigenvalue weighted by Crippen LogP contribution is -2.25. The Bertz CT molecular complexity index is 440. The van der Waals surface area contributed by atoms with Crippen LogP contribution in [0.25, 0.3) is 0 Å². The predicted molar refractivity (Wildman–Crippen MR) is 59.2 cm³/mol. The van der Waals surface area contributed by atoms with Gasteiger partial charge in [0.25, 0.3) is 0 Å².